The van der Waals surface area contributed by atoms with E-state index in [4.69, 9.17) is 10.5 Å². The molecule has 1 aromatic heterocycles. The number of nitrogen functional groups attached to an aromatic ring is 1. The van der Waals surface area contributed by atoms with Crippen molar-refractivity contribution in [3.63, 3.8) is 0 Å². The Morgan fingerprint density at radius 2 is 2.05 bits per heavy atom. The molecule has 2 atom stereocenters. The number of anilines is 1. The molecule has 1 aliphatic heterocycles. The van der Waals surface area contributed by atoms with Crippen LogP contribution in [-0.4, -0.2) is 30.0 Å². The number of carbonyl (C=O) groups is 1. The topological polar surface area (TPSA) is 55.6 Å². The van der Waals surface area contributed by atoms with Gasteiger partial charge in [0.1, 0.15) is 0 Å². The lowest BCUT2D eigenvalue weighted by Gasteiger charge is -2.27. The molecule has 0 aromatic carbocycles. The van der Waals surface area contributed by atoms with Gasteiger partial charge >= 0.3 is 0 Å². The van der Waals surface area contributed by atoms with Gasteiger partial charge in [-0.1, -0.05) is 0 Å². The molecular weight excluding hydrogens is 260 g/mol. The van der Waals surface area contributed by atoms with E-state index in [1.807, 2.05) is 32.6 Å². The molecule has 2 unspecified atom stereocenters. The molecule has 2 N–H and O–H groups in total. The summed E-state index contributed by atoms with van der Waals surface area (Å²) >= 11 is 1.50. The van der Waals surface area contributed by atoms with E-state index < -0.39 is 0 Å². The molecule has 19 heavy (non-hydrogen) atoms. The first kappa shape index (κ1) is 14.3. The first-order chi connectivity index (χ1) is 8.99. The van der Waals surface area contributed by atoms with Crippen molar-refractivity contribution in [1.82, 2.24) is 4.90 Å². The van der Waals surface area contributed by atoms with E-state index in [0.29, 0.717) is 23.7 Å². The van der Waals surface area contributed by atoms with E-state index in [1.165, 1.54) is 11.3 Å². The van der Waals surface area contributed by atoms with Crippen molar-refractivity contribution >= 4 is 22.2 Å². The lowest BCUT2D eigenvalue weighted by molar-refractivity contribution is -0.00235. The van der Waals surface area contributed by atoms with Crippen LogP contribution in [0.4, 0.5) is 5.00 Å². The van der Waals surface area contributed by atoms with E-state index in [9.17, 15) is 4.79 Å². The Bertz CT molecular complexity index is 480. The average molecular weight is 282 g/mol. The molecule has 1 aromatic rings. The third kappa shape index (κ3) is 2.49. The predicted molar refractivity (Wildman–Crippen MR) is 78.6 cm³/mol. The highest BCUT2D eigenvalue weighted by Crippen LogP contribution is 2.41. The summed E-state index contributed by atoms with van der Waals surface area (Å²) in [4.78, 5) is 15.5. The normalized spacial score (nSPS) is 22.1. The number of ether oxygens (including phenoxy) is 1. The Morgan fingerprint density at radius 1 is 1.42 bits per heavy atom. The number of hydrogen-bond acceptors (Lipinski definition) is 4. The standard InChI is InChI=1S/C14H22N2O2S/c1-5-16(6-2)14(17)11-10-7-8(3)18-9(4)12(10)19-13(11)15/h8-9H,5-7,15H2,1-4H3. The molecule has 0 spiro atoms. The summed E-state index contributed by atoms with van der Waals surface area (Å²) in [5, 5.41) is 0.631. The summed E-state index contributed by atoms with van der Waals surface area (Å²) in [5.41, 5.74) is 7.91. The minimum absolute atomic E-state index is 0.0318. The maximum absolute atomic E-state index is 12.6. The number of amides is 1. The van der Waals surface area contributed by atoms with Gasteiger partial charge in [-0.05, 0) is 33.3 Å². The first-order valence-electron chi connectivity index (χ1n) is 6.85. The van der Waals surface area contributed by atoms with Crippen LogP contribution in [0.3, 0.4) is 0 Å². The smallest absolute Gasteiger partial charge is 0.257 e. The van der Waals surface area contributed by atoms with Crippen molar-refractivity contribution in [3.05, 3.63) is 16.0 Å². The molecule has 4 nitrogen and oxygen atoms in total. The van der Waals surface area contributed by atoms with Gasteiger partial charge in [0.25, 0.3) is 5.91 Å². The van der Waals surface area contributed by atoms with Gasteiger partial charge in [-0.3, -0.25) is 4.79 Å². The average Bonchev–Trinajstić information content (AvgIpc) is 2.67. The molecule has 1 amide bonds. The highest BCUT2D eigenvalue weighted by atomic mass is 32.1. The lowest BCUT2D eigenvalue weighted by Crippen LogP contribution is -2.32. The Balaban J connectivity index is 2.44. The molecule has 0 radical (unpaired) electrons. The van der Waals surface area contributed by atoms with Crippen LogP contribution in [0.1, 0.15) is 54.6 Å². The van der Waals surface area contributed by atoms with Crippen molar-refractivity contribution in [1.29, 1.82) is 0 Å². The minimum atomic E-state index is 0.0318. The summed E-state index contributed by atoms with van der Waals surface area (Å²) in [5.74, 6) is 0.0568. The molecule has 5 heteroatoms. The Hall–Kier alpha value is -1.07. The molecular formula is C14H22N2O2S. The van der Waals surface area contributed by atoms with Crippen molar-refractivity contribution in [2.45, 2.75) is 46.3 Å². The van der Waals surface area contributed by atoms with Gasteiger partial charge in [-0.15, -0.1) is 11.3 Å². The molecule has 0 aliphatic carbocycles. The third-order valence-corrected chi connectivity index (χ3v) is 4.85. The second-order valence-electron chi connectivity index (χ2n) is 4.95. The van der Waals surface area contributed by atoms with E-state index >= 15 is 0 Å². The van der Waals surface area contributed by atoms with E-state index in [-0.39, 0.29) is 18.1 Å². The molecule has 0 saturated heterocycles. The summed E-state index contributed by atoms with van der Waals surface area (Å²) in [6.07, 6.45) is 0.944. The molecule has 2 heterocycles. The highest BCUT2D eigenvalue weighted by molar-refractivity contribution is 7.16. The fourth-order valence-corrected chi connectivity index (χ4v) is 3.76. The number of carbonyl (C=O) groups excluding carboxylic acids is 1. The summed E-state index contributed by atoms with van der Waals surface area (Å²) in [7, 11) is 0. The van der Waals surface area contributed by atoms with Gasteiger partial charge < -0.3 is 15.4 Å². The largest absolute Gasteiger partial charge is 0.390 e. The van der Waals surface area contributed by atoms with Crippen LogP contribution in [0.5, 0.6) is 0 Å². The molecule has 0 saturated carbocycles. The highest BCUT2D eigenvalue weighted by Gasteiger charge is 2.32. The fourth-order valence-electron chi connectivity index (χ4n) is 2.68. The maximum Gasteiger partial charge on any atom is 0.257 e. The van der Waals surface area contributed by atoms with Gasteiger partial charge in [0.15, 0.2) is 0 Å². The summed E-state index contributed by atoms with van der Waals surface area (Å²) < 4.78 is 5.80. The number of rotatable bonds is 3. The zero-order valence-electron chi connectivity index (χ0n) is 12.0. The van der Waals surface area contributed by atoms with Crippen LogP contribution in [0.25, 0.3) is 0 Å². The molecule has 1 aliphatic rings. The van der Waals surface area contributed by atoms with Crippen molar-refractivity contribution in [2.75, 3.05) is 18.8 Å². The number of thiophene rings is 1. The summed E-state index contributed by atoms with van der Waals surface area (Å²) in [6.45, 7) is 9.46. The SMILES string of the molecule is CCN(CC)C(=O)c1c(N)sc2c1CC(C)OC2C. The molecule has 0 fully saturated rings. The molecule has 2 rings (SSSR count). The van der Waals surface area contributed by atoms with Crippen LogP contribution >= 0.6 is 11.3 Å². The van der Waals surface area contributed by atoms with Crippen molar-refractivity contribution in [3.8, 4) is 0 Å². The van der Waals surface area contributed by atoms with Crippen LogP contribution in [0.15, 0.2) is 0 Å². The molecule has 106 valence electrons. The number of hydrogen-bond donors (Lipinski definition) is 1. The first-order valence-corrected chi connectivity index (χ1v) is 7.66. The second-order valence-corrected chi connectivity index (χ2v) is 6.04. The van der Waals surface area contributed by atoms with E-state index in [1.54, 1.807) is 0 Å². The van der Waals surface area contributed by atoms with E-state index in [0.717, 1.165) is 16.9 Å². The van der Waals surface area contributed by atoms with Crippen molar-refractivity contribution in [2.24, 2.45) is 0 Å². The van der Waals surface area contributed by atoms with Gasteiger partial charge in [-0.2, -0.15) is 0 Å². The van der Waals surface area contributed by atoms with Gasteiger partial charge in [0.05, 0.1) is 22.8 Å². The Morgan fingerprint density at radius 3 is 2.63 bits per heavy atom. The zero-order valence-corrected chi connectivity index (χ0v) is 12.8. The predicted octanol–water partition coefficient (Wildman–Crippen LogP) is 2.83. The fraction of sp³-hybridized carbons (Fsp3) is 0.643. The number of nitrogens with two attached hydrogens (primary N) is 1. The number of nitrogens with zero attached hydrogens (tertiary/aromatic N) is 1. The van der Waals surface area contributed by atoms with Crippen molar-refractivity contribution < 1.29 is 9.53 Å². The van der Waals surface area contributed by atoms with Gasteiger partial charge in [0, 0.05) is 24.4 Å². The van der Waals surface area contributed by atoms with Gasteiger partial charge in [-0.25, -0.2) is 0 Å². The van der Waals surface area contributed by atoms with Crippen LogP contribution < -0.4 is 5.73 Å². The monoisotopic (exact) mass is 282 g/mol. The second kappa shape index (κ2) is 5.51. The minimum Gasteiger partial charge on any atom is -0.390 e. The van der Waals surface area contributed by atoms with Crippen LogP contribution in [0, 0.1) is 0 Å². The number of fused-ring (bicyclic) bond motifs is 1. The van der Waals surface area contributed by atoms with Crippen LogP contribution in [0.2, 0.25) is 0 Å². The Labute approximate surface area is 118 Å². The van der Waals surface area contributed by atoms with E-state index in [2.05, 4.69) is 0 Å². The third-order valence-electron chi connectivity index (χ3n) is 3.63. The molecule has 0 bridgehead atoms. The van der Waals surface area contributed by atoms with Crippen LogP contribution in [-0.2, 0) is 11.2 Å². The van der Waals surface area contributed by atoms with Gasteiger partial charge in [0.2, 0.25) is 0 Å². The quantitative estimate of drug-likeness (QED) is 0.927. The summed E-state index contributed by atoms with van der Waals surface area (Å²) in [6, 6.07) is 0. The lowest BCUT2D eigenvalue weighted by atomic mass is 9.98. The Kier molecular flexibility index (Phi) is 4.16. The zero-order chi connectivity index (χ0) is 14.2. The maximum atomic E-state index is 12.6.